The molecule has 0 radical (unpaired) electrons. The number of carbonyl (C=O) groups is 1. The summed E-state index contributed by atoms with van der Waals surface area (Å²) in [6, 6.07) is 5.46. The molecule has 2 heterocycles. The first kappa shape index (κ1) is 16.1. The molecule has 120 valence electrons. The predicted molar refractivity (Wildman–Crippen MR) is 90.6 cm³/mol. The molecule has 2 fully saturated rings. The molecule has 0 saturated carbocycles. The molecule has 1 amide bonds. The van der Waals surface area contributed by atoms with Crippen molar-refractivity contribution in [2.75, 3.05) is 26.2 Å². The van der Waals surface area contributed by atoms with Crippen LogP contribution >= 0.6 is 23.2 Å². The Morgan fingerprint density at radius 1 is 1.23 bits per heavy atom. The molecule has 1 N–H and O–H groups in total. The Hall–Kier alpha value is -0.770. The lowest BCUT2D eigenvalue weighted by atomic mass is 9.77. The molecule has 3 nitrogen and oxygen atoms in total. The van der Waals surface area contributed by atoms with Gasteiger partial charge in [-0.2, -0.15) is 0 Å². The van der Waals surface area contributed by atoms with Crippen LogP contribution in [0.15, 0.2) is 18.2 Å². The molecule has 5 heteroatoms. The molecule has 0 aliphatic carbocycles. The molecule has 22 heavy (non-hydrogen) atoms. The lowest BCUT2D eigenvalue weighted by Crippen LogP contribution is -2.45. The van der Waals surface area contributed by atoms with E-state index in [1.165, 1.54) is 6.42 Å². The molecular formula is C17H22Cl2N2O. The number of rotatable bonds is 2. The maximum atomic E-state index is 12.7. The molecule has 3 rings (SSSR count). The first-order valence-corrected chi connectivity index (χ1v) is 8.71. The number of piperidine rings is 1. The number of hydrogen-bond acceptors (Lipinski definition) is 2. The number of likely N-dealkylation sites (tertiary alicyclic amines) is 1. The van der Waals surface area contributed by atoms with E-state index in [9.17, 15) is 4.79 Å². The van der Waals surface area contributed by atoms with Crippen LogP contribution < -0.4 is 5.32 Å². The van der Waals surface area contributed by atoms with Crippen LogP contribution in [0.1, 0.15) is 37.7 Å². The van der Waals surface area contributed by atoms with Gasteiger partial charge in [-0.15, -0.1) is 0 Å². The van der Waals surface area contributed by atoms with Crippen molar-refractivity contribution in [1.82, 2.24) is 10.2 Å². The molecule has 1 aromatic rings. The summed E-state index contributed by atoms with van der Waals surface area (Å²) in [4.78, 5) is 14.7. The van der Waals surface area contributed by atoms with Crippen molar-refractivity contribution in [2.45, 2.75) is 32.1 Å². The van der Waals surface area contributed by atoms with Crippen molar-refractivity contribution >= 4 is 29.1 Å². The van der Waals surface area contributed by atoms with E-state index in [0.717, 1.165) is 44.6 Å². The minimum absolute atomic E-state index is 0.175. The summed E-state index contributed by atoms with van der Waals surface area (Å²) < 4.78 is 0. The Morgan fingerprint density at radius 3 is 2.55 bits per heavy atom. The van der Waals surface area contributed by atoms with Crippen LogP contribution in [-0.4, -0.2) is 37.0 Å². The second kappa shape index (κ2) is 6.38. The van der Waals surface area contributed by atoms with Crippen molar-refractivity contribution in [2.24, 2.45) is 5.41 Å². The highest BCUT2D eigenvalue weighted by Gasteiger charge is 2.38. The standard InChI is InChI=1S/C17H22Cl2N2O/c1-12(13-2-3-14(18)15(19)10-13)16(22)21-8-5-17(6-9-21)4-7-20-11-17/h2-3,10,12,20H,4-9,11H2,1H3. The SMILES string of the molecule is CC(C(=O)N1CCC2(CCNC2)CC1)c1ccc(Cl)c(Cl)c1. The fraction of sp³-hybridized carbons (Fsp3) is 0.588. The van der Waals surface area contributed by atoms with Crippen LogP contribution in [-0.2, 0) is 4.79 Å². The maximum absolute atomic E-state index is 12.7. The summed E-state index contributed by atoms with van der Waals surface area (Å²) in [5, 5.41) is 4.49. The molecule has 2 aliphatic heterocycles. The van der Waals surface area contributed by atoms with E-state index in [4.69, 9.17) is 23.2 Å². The highest BCUT2D eigenvalue weighted by molar-refractivity contribution is 6.42. The third kappa shape index (κ3) is 3.12. The maximum Gasteiger partial charge on any atom is 0.229 e. The van der Waals surface area contributed by atoms with E-state index in [1.54, 1.807) is 12.1 Å². The number of amides is 1. The van der Waals surface area contributed by atoms with Gasteiger partial charge in [0.2, 0.25) is 5.91 Å². The first-order valence-electron chi connectivity index (χ1n) is 7.95. The smallest absolute Gasteiger partial charge is 0.229 e. The average molecular weight is 341 g/mol. The Morgan fingerprint density at radius 2 is 1.95 bits per heavy atom. The highest BCUT2D eigenvalue weighted by Crippen LogP contribution is 2.37. The predicted octanol–water partition coefficient (Wildman–Crippen LogP) is 3.70. The second-order valence-corrected chi connectivity index (χ2v) is 7.46. The van der Waals surface area contributed by atoms with Crippen molar-refractivity contribution in [3.63, 3.8) is 0 Å². The van der Waals surface area contributed by atoms with E-state index in [2.05, 4.69) is 5.32 Å². The third-order valence-electron chi connectivity index (χ3n) is 5.28. The Kier molecular flexibility index (Phi) is 4.67. The Bertz CT molecular complexity index is 560. The molecule has 1 aromatic carbocycles. The van der Waals surface area contributed by atoms with Crippen LogP contribution in [0.2, 0.25) is 10.0 Å². The molecule has 2 aliphatic rings. The van der Waals surface area contributed by atoms with Gasteiger partial charge in [0.15, 0.2) is 0 Å². The minimum Gasteiger partial charge on any atom is -0.342 e. The van der Waals surface area contributed by atoms with Crippen LogP contribution in [0.3, 0.4) is 0 Å². The Balaban J connectivity index is 1.65. The third-order valence-corrected chi connectivity index (χ3v) is 6.02. The molecular weight excluding hydrogens is 319 g/mol. The van der Waals surface area contributed by atoms with Gasteiger partial charge in [0, 0.05) is 19.6 Å². The first-order chi connectivity index (χ1) is 10.5. The summed E-state index contributed by atoms with van der Waals surface area (Å²) in [7, 11) is 0. The van der Waals surface area contributed by atoms with Gasteiger partial charge in [-0.3, -0.25) is 4.79 Å². The fourth-order valence-electron chi connectivity index (χ4n) is 3.62. The monoisotopic (exact) mass is 340 g/mol. The van der Waals surface area contributed by atoms with Gasteiger partial charge in [0.1, 0.15) is 0 Å². The van der Waals surface area contributed by atoms with E-state index in [1.807, 2.05) is 17.9 Å². The van der Waals surface area contributed by atoms with E-state index < -0.39 is 0 Å². The topological polar surface area (TPSA) is 32.3 Å². The number of nitrogens with zero attached hydrogens (tertiary/aromatic N) is 1. The quantitative estimate of drug-likeness (QED) is 0.890. The van der Waals surface area contributed by atoms with Crippen LogP contribution in [0.4, 0.5) is 0 Å². The molecule has 1 unspecified atom stereocenters. The van der Waals surface area contributed by atoms with Crippen molar-refractivity contribution < 1.29 is 4.79 Å². The zero-order chi connectivity index (χ0) is 15.7. The van der Waals surface area contributed by atoms with Gasteiger partial charge >= 0.3 is 0 Å². The van der Waals surface area contributed by atoms with Gasteiger partial charge in [0.05, 0.1) is 16.0 Å². The van der Waals surface area contributed by atoms with Crippen LogP contribution in [0.25, 0.3) is 0 Å². The van der Waals surface area contributed by atoms with Crippen molar-refractivity contribution in [3.05, 3.63) is 33.8 Å². The van der Waals surface area contributed by atoms with E-state index >= 15 is 0 Å². The van der Waals surface area contributed by atoms with E-state index in [-0.39, 0.29) is 11.8 Å². The van der Waals surface area contributed by atoms with Gasteiger partial charge in [-0.25, -0.2) is 0 Å². The number of halogens is 2. The van der Waals surface area contributed by atoms with Crippen molar-refractivity contribution in [3.8, 4) is 0 Å². The number of benzene rings is 1. The summed E-state index contributed by atoms with van der Waals surface area (Å²) >= 11 is 12.0. The zero-order valence-corrected chi connectivity index (χ0v) is 14.4. The minimum atomic E-state index is -0.175. The number of nitrogens with one attached hydrogen (secondary N) is 1. The van der Waals surface area contributed by atoms with Gasteiger partial charge in [0.25, 0.3) is 0 Å². The lowest BCUT2D eigenvalue weighted by molar-refractivity contribution is -0.134. The van der Waals surface area contributed by atoms with Crippen LogP contribution in [0.5, 0.6) is 0 Å². The summed E-state index contributed by atoms with van der Waals surface area (Å²) in [5.74, 6) is 0.0183. The fourth-order valence-corrected chi connectivity index (χ4v) is 3.93. The molecule has 1 atom stereocenters. The largest absolute Gasteiger partial charge is 0.342 e. The molecule has 0 aromatic heterocycles. The van der Waals surface area contributed by atoms with Crippen molar-refractivity contribution in [1.29, 1.82) is 0 Å². The second-order valence-electron chi connectivity index (χ2n) is 6.65. The molecule has 1 spiro atoms. The molecule has 2 saturated heterocycles. The summed E-state index contributed by atoms with van der Waals surface area (Å²) in [6.07, 6.45) is 3.47. The highest BCUT2D eigenvalue weighted by atomic mass is 35.5. The summed E-state index contributed by atoms with van der Waals surface area (Å²) in [5.41, 5.74) is 1.37. The summed E-state index contributed by atoms with van der Waals surface area (Å²) in [6.45, 7) is 5.91. The van der Waals surface area contributed by atoms with Gasteiger partial charge in [-0.05, 0) is 55.8 Å². The average Bonchev–Trinajstić information content (AvgIpc) is 2.97. The number of hydrogen-bond donors (Lipinski definition) is 1. The number of carbonyl (C=O) groups excluding carboxylic acids is 1. The molecule has 0 bridgehead atoms. The van der Waals surface area contributed by atoms with Crippen LogP contribution in [0, 0.1) is 5.41 Å². The lowest BCUT2D eigenvalue weighted by Gasteiger charge is -2.39. The Labute approximate surface area is 142 Å². The normalized spacial score (nSPS) is 22.0. The van der Waals surface area contributed by atoms with E-state index in [0.29, 0.717) is 15.5 Å². The van der Waals surface area contributed by atoms with Gasteiger partial charge in [-0.1, -0.05) is 29.3 Å². The van der Waals surface area contributed by atoms with Gasteiger partial charge < -0.3 is 10.2 Å². The zero-order valence-electron chi connectivity index (χ0n) is 12.9.